The zero-order valence-electron chi connectivity index (χ0n) is 6.27. The standard InChI is InChI=1S/C8H7N3S/c9-8-7(12-5-11-8)6-3-1-2-4-10-6/h1-5H,9H2. The summed E-state index contributed by atoms with van der Waals surface area (Å²) in [5, 5.41) is 0. The van der Waals surface area contributed by atoms with Crippen LogP contribution < -0.4 is 5.73 Å². The van der Waals surface area contributed by atoms with Gasteiger partial charge in [-0.3, -0.25) is 4.98 Å². The van der Waals surface area contributed by atoms with Gasteiger partial charge < -0.3 is 5.73 Å². The van der Waals surface area contributed by atoms with Crippen LogP contribution in [0.3, 0.4) is 0 Å². The number of nitrogens with zero attached hydrogens (tertiary/aromatic N) is 2. The van der Waals surface area contributed by atoms with Crippen molar-refractivity contribution in [1.82, 2.24) is 9.97 Å². The normalized spacial score (nSPS) is 10.0. The lowest BCUT2D eigenvalue weighted by Gasteiger charge is -1.94. The first-order valence-corrected chi connectivity index (χ1v) is 4.36. The average molecular weight is 177 g/mol. The smallest absolute Gasteiger partial charge is 0.143 e. The molecule has 12 heavy (non-hydrogen) atoms. The van der Waals surface area contributed by atoms with Crippen molar-refractivity contribution in [3.8, 4) is 10.6 Å². The zero-order chi connectivity index (χ0) is 8.39. The zero-order valence-corrected chi connectivity index (χ0v) is 7.08. The molecule has 0 bridgehead atoms. The summed E-state index contributed by atoms with van der Waals surface area (Å²) >= 11 is 1.50. The van der Waals surface area contributed by atoms with E-state index in [9.17, 15) is 0 Å². The van der Waals surface area contributed by atoms with Crippen LogP contribution in [0.15, 0.2) is 29.9 Å². The van der Waals surface area contributed by atoms with Gasteiger partial charge in [0.1, 0.15) is 5.82 Å². The van der Waals surface area contributed by atoms with Crippen LogP contribution in [0.1, 0.15) is 0 Å². The highest BCUT2D eigenvalue weighted by Gasteiger charge is 2.04. The fourth-order valence-electron chi connectivity index (χ4n) is 0.944. The number of rotatable bonds is 1. The molecule has 0 atom stereocenters. The number of pyridine rings is 1. The Labute approximate surface area is 73.9 Å². The minimum absolute atomic E-state index is 0.554. The summed E-state index contributed by atoms with van der Waals surface area (Å²) in [5.41, 5.74) is 8.24. The van der Waals surface area contributed by atoms with Gasteiger partial charge in [0.05, 0.1) is 16.1 Å². The van der Waals surface area contributed by atoms with Crippen LogP contribution in [-0.4, -0.2) is 9.97 Å². The molecule has 2 heterocycles. The average Bonchev–Trinajstić information content (AvgIpc) is 2.53. The van der Waals surface area contributed by atoms with Crippen LogP contribution in [0.5, 0.6) is 0 Å². The third kappa shape index (κ3) is 1.16. The molecule has 0 unspecified atom stereocenters. The minimum atomic E-state index is 0.554. The largest absolute Gasteiger partial charge is 0.382 e. The van der Waals surface area contributed by atoms with Gasteiger partial charge >= 0.3 is 0 Å². The molecule has 4 heteroatoms. The molecule has 0 aromatic carbocycles. The van der Waals surface area contributed by atoms with E-state index in [-0.39, 0.29) is 0 Å². The van der Waals surface area contributed by atoms with Gasteiger partial charge in [-0.25, -0.2) is 4.98 Å². The number of nitrogens with two attached hydrogens (primary N) is 1. The quantitative estimate of drug-likeness (QED) is 0.722. The SMILES string of the molecule is Nc1ncsc1-c1ccccn1. The first-order chi connectivity index (χ1) is 5.88. The molecular formula is C8H7N3S. The highest BCUT2D eigenvalue weighted by molar-refractivity contribution is 7.13. The van der Waals surface area contributed by atoms with Gasteiger partial charge in [-0.15, -0.1) is 11.3 Å². The van der Waals surface area contributed by atoms with Crippen LogP contribution in [0.4, 0.5) is 5.82 Å². The van der Waals surface area contributed by atoms with Crippen molar-refractivity contribution in [2.75, 3.05) is 5.73 Å². The van der Waals surface area contributed by atoms with E-state index in [4.69, 9.17) is 5.73 Å². The van der Waals surface area contributed by atoms with Crippen molar-refractivity contribution < 1.29 is 0 Å². The molecule has 2 aromatic rings. The number of aromatic nitrogens is 2. The van der Waals surface area contributed by atoms with Gasteiger partial charge in [0.2, 0.25) is 0 Å². The van der Waals surface area contributed by atoms with E-state index in [0.717, 1.165) is 10.6 Å². The lowest BCUT2D eigenvalue weighted by Crippen LogP contribution is -1.87. The Hall–Kier alpha value is -1.42. The molecule has 0 aliphatic heterocycles. The van der Waals surface area contributed by atoms with E-state index in [1.807, 2.05) is 18.2 Å². The summed E-state index contributed by atoms with van der Waals surface area (Å²) in [4.78, 5) is 9.06. The molecule has 3 nitrogen and oxygen atoms in total. The summed E-state index contributed by atoms with van der Waals surface area (Å²) in [5.74, 6) is 0.554. The summed E-state index contributed by atoms with van der Waals surface area (Å²) in [7, 11) is 0. The summed E-state index contributed by atoms with van der Waals surface area (Å²) in [6.45, 7) is 0. The monoisotopic (exact) mass is 177 g/mol. The molecular weight excluding hydrogens is 170 g/mol. The highest BCUT2D eigenvalue weighted by Crippen LogP contribution is 2.26. The first kappa shape index (κ1) is 7.24. The maximum absolute atomic E-state index is 5.63. The molecule has 0 aliphatic rings. The van der Waals surface area contributed by atoms with Crippen LogP contribution >= 0.6 is 11.3 Å². The molecule has 0 aliphatic carbocycles. The second-order valence-electron chi connectivity index (χ2n) is 2.28. The predicted octanol–water partition coefficient (Wildman–Crippen LogP) is 1.79. The van der Waals surface area contributed by atoms with Gasteiger partial charge in [-0.05, 0) is 12.1 Å². The van der Waals surface area contributed by atoms with E-state index in [0.29, 0.717) is 5.82 Å². The molecule has 2 rings (SSSR count). The molecule has 0 fully saturated rings. The Bertz CT molecular complexity index is 369. The van der Waals surface area contributed by atoms with Gasteiger partial charge in [0.25, 0.3) is 0 Å². The van der Waals surface area contributed by atoms with Gasteiger partial charge in [0, 0.05) is 6.20 Å². The minimum Gasteiger partial charge on any atom is -0.382 e. The maximum Gasteiger partial charge on any atom is 0.143 e. The highest BCUT2D eigenvalue weighted by atomic mass is 32.1. The van der Waals surface area contributed by atoms with E-state index in [2.05, 4.69) is 9.97 Å². The Morgan fingerprint density at radius 1 is 1.25 bits per heavy atom. The lowest BCUT2D eigenvalue weighted by molar-refractivity contribution is 1.33. The summed E-state index contributed by atoms with van der Waals surface area (Å²) in [6.07, 6.45) is 1.74. The second-order valence-corrected chi connectivity index (χ2v) is 3.14. The van der Waals surface area contributed by atoms with E-state index in [1.165, 1.54) is 11.3 Å². The second kappa shape index (κ2) is 2.91. The molecule has 2 aromatic heterocycles. The molecule has 0 spiro atoms. The van der Waals surface area contributed by atoms with E-state index < -0.39 is 0 Å². The molecule has 60 valence electrons. The number of thiazole rings is 1. The molecule has 0 radical (unpaired) electrons. The number of anilines is 1. The van der Waals surface area contributed by atoms with Crippen molar-refractivity contribution in [3.05, 3.63) is 29.9 Å². The van der Waals surface area contributed by atoms with Crippen molar-refractivity contribution in [1.29, 1.82) is 0 Å². The number of hydrogen-bond donors (Lipinski definition) is 1. The summed E-state index contributed by atoms with van der Waals surface area (Å²) < 4.78 is 0. The van der Waals surface area contributed by atoms with E-state index in [1.54, 1.807) is 11.7 Å². The number of nitrogen functional groups attached to an aromatic ring is 1. The lowest BCUT2D eigenvalue weighted by atomic mass is 10.3. The Kier molecular flexibility index (Phi) is 1.75. The Balaban J connectivity index is 2.51. The van der Waals surface area contributed by atoms with E-state index >= 15 is 0 Å². The van der Waals surface area contributed by atoms with Gasteiger partial charge in [-0.2, -0.15) is 0 Å². The Morgan fingerprint density at radius 3 is 2.75 bits per heavy atom. The van der Waals surface area contributed by atoms with Crippen LogP contribution in [0, 0.1) is 0 Å². The maximum atomic E-state index is 5.63. The fraction of sp³-hybridized carbons (Fsp3) is 0. The van der Waals surface area contributed by atoms with Crippen molar-refractivity contribution in [2.24, 2.45) is 0 Å². The fourth-order valence-corrected chi connectivity index (χ4v) is 1.63. The third-order valence-electron chi connectivity index (χ3n) is 1.49. The predicted molar refractivity (Wildman–Crippen MR) is 49.8 cm³/mol. The summed E-state index contributed by atoms with van der Waals surface area (Å²) in [6, 6.07) is 5.73. The van der Waals surface area contributed by atoms with Crippen LogP contribution in [0.2, 0.25) is 0 Å². The Morgan fingerprint density at radius 2 is 2.17 bits per heavy atom. The van der Waals surface area contributed by atoms with Crippen molar-refractivity contribution >= 4 is 17.2 Å². The van der Waals surface area contributed by atoms with Gasteiger partial charge in [-0.1, -0.05) is 6.07 Å². The van der Waals surface area contributed by atoms with Crippen molar-refractivity contribution in [2.45, 2.75) is 0 Å². The molecule has 0 amide bonds. The third-order valence-corrected chi connectivity index (χ3v) is 2.36. The first-order valence-electron chi connectivity index (χ1n) is 3.48. The number of hydrogen-bond acceptors (Lipinski definition) is 4. The molecule has 0 saturated heterocycles. The molecule has 0 saturated carbocycles. The van der Waals surface area contributed by atoms with Crippen LogP contribution in [0.25, 0.3) is 10.6 Å². The van der Waals surface area contributed by atoms with Crippen LogP contribution in [-0.2, 0) is 0 Å². The van der Waals surface area contributed by atoms with Gasteiger partial charge in [0.15, 0.2) is 0 Å². The van der Waals surface area contributed by atoms with Crippen molar-refractivity contribution in [3.63, 3.8) is 0 Å². The topological polar surface area (TPSA) is 51.8 Å². The molecule has 2 N–H and O–H groups in total.